The van der Waals surface area contributed by atoms with Gasteiger partial charge in [-0.15, -0.1) is 12.8 Å². The number of halogens is 1. The van der Waals surface area contributed by atoms with E-state index in [0.717, 1.165) is 21.3 Å². The Morgan fingerprint density at radius 1 is 0.521 bits per heavy atom. The summed E-state index contributed by atoms with van der Waals surface area (Å²) in [5.41, 5.74) is 12.9. The van der Waals surface area contributed by atoms with Gasteiger partial charge in [-0.05, 0) is 100 Å². The molecule has 0 bridgehead atoms. The van der Waals surface area contributed by atoms with Crippen molar-refractivity contribution in [1.82, 2.24) is 0 Å². The Hall–Kier alpha value is -5.23. The second kappa shape index (κ2) is 20.1. The number of aliphatic imine (C=N–C) groups is 1. The van der Waals surface area contributed by atoms with Gasteiger partial charge in [0, 0.05) is 10.2 Å². The smallest absolute Gasteiger partial charge is 0.0643 e. The van der Waals surface area contributed by atoms with Crippen molar-refractivity contribution in [2.45, 2.75) is 34.2 Å². The molecule has 6 rings (SSSR count). The Bertz CT molecular complexity index is 1830. The lowest BCUT2D eigenvalue weighted by atomic mass is 9.93. The largest absolute Gasteiger partial charge is 0.285 e. The van der Waals surface area contributed by atoms with E-state index in [-0.39, 0.29) is 0 Å². The Morgan fingerprint density at radius 2 is 0.896 bits per heavy atom. The molecule has 6 aromatic carbocycles. The fourth-order valence-corrected chi connectivity index (χ4v) is 5.54. The van der Waals surface area contributed by atoms with Gasteiger partial charge in [0.25, 0.3) is 0 Å². The lowest BCUT2D eigenvalue weighted by Gasteiger charge is -2.13. The van der Waals surface area contributed by atoms with E-state index >= 15 is 0 Å². The van der Waals surface area contributed by atoms with Crippen LogP contribution in [0.1, 0.15) is 44.4 Å². The lowest BCUT2D eigenvalue weighted by Crippen LogP contribution is -1.95. The molecule has 1 nitrogen and oxygen atoms in total. The maximum absolute atomic E-state index is 4.87. The summed E-state index contributed by atoms with van der Waals surface area (Å²) in [4.78, 5) is 4.87. The predicted molar refractivity (Wildman–Crippen MR) is 215 cm³/mol. The molecule has 0 fully saturated rings. The zero-order valence-electron chi connectivity index (χ0n) is 28.4. The summed E-state index contributed by atoms with van der Waals surface area (Å²) in [5, 5.41) is 0. The summed E-state index contributed by atoms with van der Waals surface area (Å²) in [5.74, 6) is 0. The molecule has 0 spiro atoms. The van der Waals surface area contributed by atoms with Crippen molar-refractivity contribution in [3.63, 3.8) is 0 Å². The number of nitrogens with zero attached hydrogens (tertiary/aromatic N) is 1. The molecule has 0 saturated heterocycles. The van der Waals surface area contributed by atoms with E-state index in [2.05, 4.69) is 176 Å². The first-order chi connectivity index (χ1) is 23.5. The normalized spacial score (nSPS) is 10.2. The molecule has 0 amide bonds. The molecule has 0 heterocycles. The highest BCUT2D eigenvalue weighted by Crippen LogP contribution is 2.34. The Balaban J connectivity index is 0.000000409. The van der Waals surface area contributed by atoms with E-state index in [4.69, 9.17) is 4.99 Å². The molecule has 240 valence electrons. The number of rotatable bonds is 7. The zero-order valence-corrected chi connectivity index (χ0v) is 30.0. The van der Waals surface area contributed by atoms with Crippen LogP contribution in [-0.4, -0.2) is 5.71 Å². The average Bonchev–Trinajstić information content (AvgIpc) is 3.16. The van der Waals surface area contributed by atoms with Gasteiger partial charge in [-0.1, -0.05) is 163 Å². The quantitative estimate of drug-likeness (QED) is 0.117. The Kier molecular flexibility index (Phi) is 15.6. The van der Waals surface area contributed by atoms with Crippen molar-refractivity contribution in [3.05, 3.63) is 185 Å². The molecular formula is C46H44BrN. The fourth-order valence-electron chi connectivity index (χ4n) is 5.00. The SMILES string of the molecule is C#C.C=C(C)c1ccccc1.CC.CC(=NCc1cc(Br)cc(-c2cc(-c3ccccc3)cc(-c3ccccc3)c2)c1)c1ccccc1. The number of terminal acetylenes is 1. The van der Waals surface area contributed by atoms with E-state index in [0.29, 0.717) is 6.54 Å². The lowest BCUT2D eigenvalue weighted by molar-refractivity contribution is 1.06. The van der Waals surface area contributed by atoms with E-state index in [1.54, 1.807) is 0 Å². The summed E-state index contributed by atoms with van der Waals surface area (Å²) in [6.45, 7) is 12.5. The van der Waals surface area contributed by atoms with Crippen molar-refractivity contribution in [1.29, 1.82) is 0 Å². The standard InChI is InChI=1S/C33H26BrN.C9H10.C2H6.C2H2/c1-24(26-11-5-2-6-12-26)35-23-25-17-29(22-33(34)18-25)32-20-30(27-13-7-3-8-14-27)19-31(21-32)28-15-9-4-10-16-28;1-8(2)9-6-4-3-5-7-9;2*1-2/h2-22H,23H2,1H3;3-7H,1H2,2H3;1-2H3;1-2H. The van der Waals surface area contributed by atoms with Crippen LogP contribution in [0.4, 0.5) is 0 Å². The summed E-state index contributed by atoms with van der Waals surface area (Å²) in [7, 11) is 0. The van der Waals surface area contributed by atoms with E-state index in [1.165, 1.54) is 44.5 Å². The van der Waals surface area contributed by atoms with E-state index in [1.807, 2.05) is 45.0 Å². The van der Waals surface area contributed by atoms with Crippen LogP contribution in [-0.2, 0) is 6.54 Å². The van der Waals surface area contributed by atoms with Crippen LogP contribution < -0.4 is 0 Å². The summed E-state index contributed by atoms with van der Waals surface area (Å²) < 4.78 is 1.06. The van der Waals surface area contributed by atoms with Gasteiger partial charge < -0.3 is 0 Å². The van der Waals surface area contributed by atoms with Crippen LogP contribution in [0.25, 0.3) is 39.0 Å². The fraction of sp³-hybridized carbons (Fsp3) is 0.109. The second-order valence-electron chi connectivity index (χ2n) is 10.8. The van der Waals surface area contributed by atoms with Gasteiger partial charge >= 0.3 is 0 Å². The molecule has 48 heavy (non-hydrogen) atoms. The van der Waals surface area contributed by atoms with Gasteiger partial charge in [-0.2, -0.15) is 0 Å². The number of hydrogen-bond acceptors (Lipinski definition) is 1. The minimum atomic E-state index is 0.636. The van der Waals surface area contributed by atoms with Crippen molar-refractivity contribution < 1.29 is 0 Å². The highest BCUT2D eigenvalue weighted by atomic mass is 79.9. The topological polar surface area (TPSA) is 12.4 Å². The van der Waals surface area contributed by atoms with Crippen LogP contribution in [0.3, 0.4) is 0 Å². The molecule has 0 radical (unpaired) electrons. The van der Waals surface area contributed by atoms with Crippen molar-refractivity contribution >= 4 is 27.2 Å². The summed E-state index contributed by atoms with van der Waals surface area (Å²) in [6.07, 6.45) is 8.00. The van der Waals surface area contributed by atoms with Gasteiger partial charge in [0.1, 0.15) is 0 Å². The molecule has 0 atom stereocenters. The second-order valence-corrected chi connectivity index (χ2v) is 11.7. The summed E-state index contributed by atoms with van der Waals surface area (Å²) >= 11 is 3.74. The van der Waals surface area contributed by atoms with Crippen LogP contribution in [0, 0.1) is 12.8 Å². The van der Waals surface area contributed by atoms with Gasteiger partial charge in [0.2, 0.25) is 0 Å². The Morgan fingerprint density at radius 3 is 1.31 bits per heavy atom. The molecular weight excluding hydrogens is 646 g/mol. The third-order valence-electron chi connectivity index (χ3n) is 7.40. The zero-order chi connectivity index (χ0) is 34.7. The number of benzene rings is 6. The Labute approximate surface area is 296 Å². The van der Waals surface area contributed by atoms with Crippen LogP contribution in [0.5, 0.6) is 0 Å². The first-order valence-corrected chi connectivity index (χ1v) is 16.9. The van der Waals surface area contributed by atoms with Crippen molar-refractivity contribution in [2.75, 3.05) is 0 Å². The molecule has 0 aromatic heterocycles. The minimum Gasteiger partial charge on any atom is -0.285 e. The molecule has 0 aliphatic heterocycles. The highest BCUT2D eigenvalue weighted by molar-refractivity contribution is 9.10. The molecule has 6 aromatic rings. The monoisotopic (exact) mass is 689 g/mol. The van der Waals surface area contributed by atoms with Gasteiger partial charge in [-0.3, -0.25) is 4.99 Å². The first-order valence-electron chi connectivity index (χ1n) is 16.1. The number of hydrogen-bond donors (Lipinski definition) is 0. The third kappa shape index (κ3) is 11.2. The maximum Gasteiger partial charge on any atom is 0.0643 e. The maximum atomic E-state index is 4.87. The van der Waals surface area contributed by atoms with Crippen LogP contribution >= 0.6 is 15.9 Å². The summed E-state index contributed by atoms with van der Waals surface area (Å²) in [6, 6.07) is 55.1. The minimum absolute atomic E-state index is 0.636. The molecule has 0 unspecified atom stereocenters. The molecule has 0 N–H and O–H groups in total. The molecule has 2 heteroatoms. The van der Waals surface area contributed by atoms with Crippen molar-refractivity contribution in [3.8, 4) is 46.2 Å². The van der Waals surface area contributed by atoms with E-state index < -0.39 is 0 Å². The van der Waals surface area contributed by atoms with E-state index in [9.17, 15) is 0 Å². The highest BCUT2D eigenvalue weighted by Gasteiger charge is 2.09. The van der Waals surface area contributed by atoms with Crippen molar-refractivity contribution in [2.24, 2.45) is 4.99 Å². The molecule has 0 aliphatic carbocycles. The van der Waals surface area contributed by atoms with Gasteiger partial charge in [-0.25, -0.2) is 0 Å². The molecule has 0 saturated carbocycles. The molecule has 0 aliphatic rings. The predicted octanol–water partition coefficient (Wildman–Crippen LogP) is 13.5. The van der Waals surface area contributed by atoms with Gasteiger partial charge in [0.15, 0.2) is 0 Å². The average molecular weight is 691 g/mol. The third-order valence-corrected chi connectivity index (χ3v) is 7.85. The van der Waals surface area contributed by atoms with Crippen LogP contribution in [0.2, 0.25) is 0 Å². The first kappa shape index (κ1) is 37.2. The van der Waals surface area contributed by atoms with Crippen LogP contribution in [0.15, 0.2) is 174 Å². The number of allylic oxidation sites excluding steroid dienone is 1. The van der Waals surface area contributed by atoms with Gasteiger partial charge in [0.05, 0.1) is 6.54 Å².